The monoisotopic (exact) mass is 444 g/mol. The minimum Gasteiger partial charge on any atom is -0.376 e. The second kappa shape index (κ2) is 9.11. The molecule has 11 nitrogen and oxygen atoms in total. The van der Waals surface area contributed by atoms with Gasteiger partial charge in [-0.05, 0) is 18.9 Å². The summed E-state index contributed by atoms with van der Waals surface area (Å²) in [7, 11) is 1.54. The van der Waals surface area contributed by atoms with E-state index in [-0.39, 0.29) is 29.6 Å². The number of rotatable bonds is 5. The molecule has 32 heavy (non-hydrogen) atoms. The number of ether oxygens (including phenoxy) is 1. The molecule has 11 heteroatoms. The fraction of sp³-hybridized carbons (Fsp3) is 0.571. The number of hydrogen-bond acceptors (Lipinski definition) is 7. The first-order valence-electron chi connectivity index (χ1n) is 10.8. The summed E-state index contributed by atoms with van der Waals surface area (Å²) in [6, 6.07) is 1.74. The van der Waals surface area contributed by atoms with Gasteiger partial charge in [0.2, 0.25) is 11.8 Å². The fourth-order valence-electron chi connectivity index (χ4n) is 4.29. The molecule has 2 saturated heterocycles. The Labute approximate surface area is 184 Å². The minimum absolute atomic E-state index is 0.0167. The van der Waals surface area contributed by atoms with Crippen molar-refractivity contribution in [1.82, 2.24) is 24.3 Å². The van der Waals surface area contributed by atoms with Crippen LogP contribution in [0.3, 0.4) is 0 Å². The third kappa shape index (κ3) is 4.24. The maximum absolute atomic E-state index is 13.3. The Morgan fingerprint density at radius 2 is 1.97 bits per heavy atom. The summed E-state index contributed by atoms with van der Waals surface area (Å²) in [5.41, 5.74) is -0.233. The number of nitrogens with zero attached hydrogens (tertiary/aromatic N) is 5. The van der Waals surface area contributed by atoms with E-state index in [1.54, 1.807) is 17.2 Å². The Morgan fingerprint density at radius 3 is 2.62 bits per heavy atom. The maximum atomic E-state index is 13.3. The minimum atomic E-state index is -0.596. The number of aryl methyl sites for hydroxylation is 1. The number of piperazine rings is 1. The molecule has 0 unspecified atom stereocenters. The SMILES string of the molecule is CC(=O)N1CCN(c2ccnc3c2c(=O)n(CC(=O)NC[C@@H]2CCCO2)c(=O)n3C)CC1. The molecule has 172 valence electrons. The van der Waals surface area contributed by atoms with Crippen molar-refractivity contribution < 1.29 is 14.3 Å². The van der Waals surface area contributed by atoms with Crippen molar-refractivity contribution in [2.24, 2.45) is 7.05 Å². The molecule has 2 aliphatic rings. The standard InChI is InChI=1S/C21H28N6O5/c1-14(28)25-7-9-26(10-8-25)16-5-6-22-19-18(16)20(30)27(21(31)24(19)2)13-17(29)23-12-15-4-3-11-32-15/h5-6,15H,3-4,7-13H2,1-2H3,(H,23,29)/t15-/m0/s1. The van der Waals surface area contributed by atoms with Gasteiger partial charge >= 0.3 is 5.69 Å². The zero-order chi connectivity index (χ0) is 22.8. The molecule has 0 radical (unpaired) electrons. The molecule has 1 atom stereocenters. The van der Waals surface area contributed by atoms with Gasteiger partial charge < -0.3 is 19.9 Å². The van der Waals surface area contributed by atoms with Gasteiger partial charge in [-0.15, -0.1) is 0 Å². The molecule has 0 bridgehead atoms. The van der Waals surface area contributed by atoms with E-state index in [1.807, 2.05) is 4.90 Å². The van der Waals surface area contributed by atoms with Crippen molar-refractivity contribution in [3.8, 4) is 0 Å². The lowest BCUT2D eigenvalue weighted by atomic mass is 10.2. The first-order valence-corrected chi connectivity index (χ1v) is 10.8. The number of anilines is 1. The van der Waals surface area contributed by atoms with Crippen LogP contribution < -0.4 is 21.5 Å². The molecular formula is C21H28N6O5. The number of carbonyl (C=O) groups excluding carboxylic acids is 2. The van der Waals surface area contributed by atoms with Gasteiger partial charge in [-0.2, -0.15) is 0 Å². The summed E-state index contributed by atoms with van der Waals surface area (Å²) < 4.78 is 7.74. The molecular weight excluding hydrogens is 416 g/mol. The van der Waals surface area contributed by atoms with E-state index in [2.05, 4.69) is 10.3 Å². The second-order valence-corrected chi connectivity index (χ2v) is 8.19. The molecule has 0 spiro atoms. The van der Waals surface area contributed by atoms with Gasteiger partial charge in [0, 0.05) is 59.5 Å². The molecule has 2 amide bonds. The van der Waals surface area contributed by atoms with E-state index >= 15 is 0 Å². The van der Waals surface area contributed by atoms with Crippen LogP contribution in [-0.2, 0) is 27.9 Å². The van der Waals surface area contributed by atoms with Crippen LogP contribution in [-0.4, -0.2) is 76.3 Å². The van der Waals surface area contributed by atoms with E-state index in [0.717, 1.165) is 17.4 Å². The fourth-order valence-corrected chi connectivity index (χ4v) is 4.29. The maximum Gasteiger partial charge on any atom is 0.332 e. The van der Waals surface area contributed by atoms with Crippen molar-refractivity contribution in [2.45, 2.75) is 32.4 Å². The van der Waals surface area contributed by atoms with Gasteiger partial charge in [0.15, 0.2) is 5.65 Å². The summed E-state index contributed by atoms with van der Waals surface area (Å²) in [6.07, 6.45) is 3.37. The Kier molecular flexibility index (Phi) is 6.26. The van der Waals surface area contributed by atoms with Crippen molar-refractivity contribution in [1.29, 1.82) is 0 Å². The summed E-state index contributed by atoms with van der Waals surface area (Å²) >= 11 is 0. The molecule has 4 rings (SSSR count). The third-order valence-corrected chi connectivity index (χ3v) is 6.12. The van der Waals surface area contributed by atoms with E-state index in [4.69, 9.17) is 4.74 Å². The highest BCUT2D eigenvalue weighted by atomic mass is 16.5. The zero-order valence-corrected chi connectivity index (χ0v) is 18.4. The average Bonchev–Trinajstić information content (AvgIpc) is 3.32. The van der Waals surface area contributed by atoms with Gasteiger partial charge in [0.25, 0.3) is 5.56 Å². The van der Waals surface area contributed by atoms with E-state index in [0.29, 0.717) is 45.0 Å². The molecule has 0 saturated carbocycles. The number of aromatic nitrogens is 3. The summed E-state index contributed by atoms with van der Waals surface area (Å²) in [5, 5.41) is 3.04. The van der Waals surface area contributed by atoms with E-state index in [9.17, 15) is 19.2 Å². The Morgan fingerprint density at radius 1 is 1.22 bits per heavy atom. The highest BCUT2D eigenvalue weighted by molar-refractivity contribution is 5.89. The molecule has 2 aromatic rings. The van der Waals surface area contributed by atoms with Crippen LogP contribution >= 0.6 is 0 Å². The van der Waals surface area contributed by atoms with E-state index < -0.39 is 17.2 Å². The van der Waals surface area contributed by atoms with Crippen molar-refractivity contribution in [3.05, 3.63) is 33.1 Å². The second-order valence-electron chi connectivity index (χ2n) is 8.19. The van der Waals surface area contributed by atoms with Gasteiger partial charge in [0.1, 0.15) is 11.9 Å². The van der Waals surface area contributed by atoms with Gasteiger partial charge in [-0.3, -0.25) is 23.5 Å². The first-order chi connectivity index (χ1) is 15.4. The van der Waals surface area contributed by atoms with Gasteiger partial charge in [0.05, 0.1) is 11.8 Å². The normalized spacial score (nSPS) is 18.9. The molecule has 4 heterocycles. The number of amides is 2. The third-order valence-electron chi connectivity index (χ3n) is 6.12. The molecule has 2 fully saturated rings. The number of hydrogen-bond donors (Lipinski definition) is 1. The van der Waals surface area contributed by atoms with Crippen LogP contribution in [0.15, 0.2) is 21.9 Å². The van der Waals surface area contributed by atoms with Crippen molar-refractivity contribution in [3.63, 3.8) is 0 Å². The van der Waals surface area contributed by atoms with E-state index in [1.165, 1.54) is 18.5 Å². The predicted molar refractivity (Wildman–Crippen MR) is 118 cm³/mol. The van der Waals surface area contributed by atoms with Crippen LogP contribution in [0.2, 0.25) is 0 Å². The van der Waals surface area contributed by atoms with Crippen molar-refractivity contribution >= 4 is 28.5 Å². The molecule has 2 aliphatic heterocycles. The summed E-state index contributed by atoms with van der Waals surface area (Å²) in [5.74, 6) is -0.400. The Hall–Kier alpha value is -3.21. The van der Waals surface area contributed by atoms with Crippen LogP contribution in [0, 0.1) is 0 Å². The zero-order valence-electron chi connectivity index (χ0n) is 18.4. The summed E-state index contributed by atoms with van der Waals surface area (Å²) in [4.78, 5) is 58.3. The number of carbonyl (C=O) groups is 2. The lowest BCUT2D eigenvalue weighted by Crippen LogP contribution is -2.49. The highest BCUT2D eigenvalue weighted by Gasteiger charge is 2.24. The molecule has 1 N–H and O–H groups in total. The highest BCUT2D eigenvalue weighted by Crippen LogP contribution is 2.23. The summed E-state index contributed by atoms with van der Waals surface area (Å²) in [6.45, 7) is 4.41. The van der Waals surface area contributed by atoms with Gasteiger partial charge in [-0.25, -0.2) is 9.78 Å². The topological polar surface area (TPSA) is 119 Å². The quantitative estimate of drug-likeness (QED) is 0.632. The molecule has 0 aromatic carbocycles. The molecule has 0 aliphatic carbocycles. The smallest absolute Gasteiger partial charge is 0.332 e. The number of pyridine rings is 1. The van der Waals surface area contributed by atoms with Crippen LogP contribution in [0.4, 0.5) is 5.69 Å². The molecule has 2 aromatic heterocycles. The Balaban J connectivity index is 1.64. The predicted octanol–water partition coefficient (Wildman–Crippen LogP) is -0.941. The van der Waals surface area contributed by atoms with Crippen LogP contribution in [0.25, 0.3) is 11.0 Å². The number of fused-ring (bicyclic) bond motifs is 1. The lowest BCUT2D eigenvalue weighted by molar-refractivity contribution is -0.129. The Bertz CT molecular complexity index is 1140. The van der Waals surface area contributed by atoms with Gasteiger partial charge in [-0.1, -0.05) is 0 Å². The van der Waals surface area contributed by atoms with Crippen LogP contribution in [0.5, 0.6) is 0 Å². The van der Waals surface area contributed by atoms with Crippen molar-refractivity contribution in [2.75, 3.05) is 44.2 Å². The lowest BCUT2D eigenvalue weighted by Gasteiger charge is -2.36. The largest absolute Gasteiger partial charge is 0.376 e. The van der Waals surface area contributed by atoms with Crippen LogP contribution in [0.1, 0.15) is 19.8 Å². The first kappa shape index (κ1) is 22.0. The number of nitrogens with one attached hydrogen (secondary N) is 1. The average molecular weight is 444 g/mol.